The molecule has 2 aliphatic rings. The topological polar surface area (TPSA) is 75.2 Å². The summed E-state index contributed by atoms with van der Waals surface area (Å²) in [6.45, 7) is 9.38. The van der Waals surface area contributed by atoms with Gasteiger partial charge in [-0.1, -0.05) is 12.1 Å². The highest BCUT2D eigenvalue weighted by molar-refractivity contribution is 14.0. The summed E-state index contributed by atoms with van der Waals surface area (Å²) in [6, 6.07) is 6.26. The van der Waals surface area contributed by atoms with Gasteiger partial charge in [0.15, 0.2) is 5.96 Å². The fourth-order valence-electron chi connectivity index (χ4n) is 3.61. The lowest BCUT2D eigenvalue weighted by molar-refractivity contribution is -0.127. The Morgan fingerprint density at radius 1 is 1.37 bits per heavy atom. The standard InChI is InChI=1S/C22H34N4O3.HI/c1-3-23-22(24-10-5-12-26-11-4-6-21(26)27)25-15-18-8-7-17(2)14-20(18)29-19-9-13-28-16-19;/h7-8,14,19H,3-6,9-13,15-16H2,1-2H3,(H2,23,24,25);1H. The number of rotatable bonds is 9. The van der Waals surface area contributed by atoms with Crippen molar-refractivity contribution in [2.45, 2.75) is 52.2 Å². The van der Waals surface area contributed by atoms with Gasteiger partial charge in [0.25, 0.3) is 0 Å². The largest absolute Gasteiger partial charge is 0.488 e. The summed E-state index contributed by atoms with van der Waals surface area (Å²) in [4.78, 5) is 18.4. The van der Waals surface area contributed by atoms with Crippen molar-refractivity contribution in [2.75, 3.05) is 39.4 Å². The summed E-state index contributed by atoms with van der Waals surface area (Å²) < 4.78 is 11.6. The molecule has 8 heteroatoms. The summed E-state index contributed by atoms with van der Waals surface area (Å²) in [7, 11) is 0. The normalized spacial score (nSPS) is 19.0. The molecule has 1 aromatic carbocycles. The van der Waals surface area contributed by atoms with Crippen LogP contribution in [0.5, 0.6) is 5.75 Å². The van der Waals surface area contributed by atoms with Crippen molar-refractivity contribution in [2.24, 2.45) is 4.99 Å². The van der Waals surface area contributed by atoms with Gasteiger partial charge in [0.05, 0.1) is 19.8 Å². The molecule has 2 fully saturated rings. The molecule has 7 nitrogen and oxygen atoms in total. The minimum absolute atomic E-state index is 0. The first-order chi connectivity index (χ1) is 14.2. The number of halogens is 1. The van der Waals surface area contributed by atoms with Crippen molar-refractivity contribution >= 4 is 35.8 Å². The smallest absolute Gasteiger partial charge is 0.222 e. The summed E-state index contributed by atoms with van der Waals surface area (Å²) >= 11 is 0. The molecule has 0 spiro atoms. The molecule has 0 saturated carbocycles. The van der Waals surface area contributed by atoms with Gasteiger partial charge in [-0.3, -0.25) is 4.79 Å². The molecular formula is C22H35IN4O3. The maximum absolute atomic E-state index is 11.7. The number of hydrogen-bond acceptors (Lipinski definition) is 4. The number of ether oxygens (including phenoxy) is 2. The zero-order valence-electron chi connectivity index (χ0n) is 18.1. The molecule has 3 rings (SSSR count). The van der Waals surface area contributed by atoms with Gasteiger partial charge in [-0.05, 0) is 38.3 Å². The first kappa shape index (κ1) is 24.7. The van der Waals surface area contributed by atoms with E-state index in [4.69, 9.17) is 14.5 Å². The Morgan fingerprint density at radius 2 is 2.23 bits per heavy atom. The van der Waals surface area contributed by atoms with Crippen LogP contribution in [0.4, 0.5) is 0 Å². The molecule has 2 heterocycles. The molecule has 30 heavy (non-hydrogen) atoms. The lowest BCUT2D eigenvalue weighted by Crippen LogP contribution is -2.39. The monoisotopic (exact) mass is 530 g/mol. The molecule has 1 atom stereocenters. The second-order valence-corrected chi connectivity index (χ2v) is 7.67. The van der Waals surface area contributed by atoms with Crippen molar-refractivity contribution in [1.29, 1.82) is 0 Å². The van der Waals surface area contributed by atoms with E-state index in [1.807, 2.05) is 4.90 Å². The number of nitrogens with zero attached hydrogens (tertiary/aromatic N) is 2. The Kier molecular flexibility index (Phi) is 10.7. The minimum atomic E-state index is 0. The molecule has 1 amide bonds. The molecule has 1 unspecified atom stereocenters. The third-order valence-electron chi connectivity index (χ3n) is 5.22. The van der Waals surface area contributed by atoms with Gasteiger partial charge in [0.2, 0.25) is 5.91 Å². The molecule has 0 radical (unpaired) electrons. The van der Waals surface area contributed by atoms with E-state index < -0.39 is 0 Å². The summed E-state index contributed by atoms with van der Waals surface area (Å²) in [5, 5.41) is 6.67. The number of amides is 1. The first-order valence-corrected chi connectivity index (χ1v) is 10.8. The summed E-state index contributed by atoms with van der Waals surface area (Å²) in [6.07, 6.45) is 3.66. The van der Waals surface area contributed by atoms with Crippen LogP contribution in [0.3, 0.4) is 0 Å². The van der Waals surface area contributed by atoms with Crippen molar-refractivity contribution < 1.29 is 14.3 Å². The number of guanidine groups is 1. The highest BCUT2D eigenvalue weighted by atomic mass is 127. The van der Waals surface area contributed by atoms with Crippen LogP contribution in [0.15, 0.2) is 23.2 Å². The second kappa shape index (κ2) is 13.0. The van der Waals surface area contributed by atoms with Crippen LogP contribution in [-0.4, -0.2) is 62.3 Å². The summed E-state index contributed by atoms with van der Waals surface area (Å²) in [5.74, 6) is 1.97. The minimum Gasteiger partial charge on any atom is -0.488 e. The van der Waals surface area contributed by atoms with Gasteiger partial charge in [-0.15, -0.1) is 24.0 Å². The SMILES string of the molecule is CCNC(=NCc1ccc(C)cc1OC1CCOC1)NCCCN1CCCC1=O.I. The van der Waals surface area contributed by atoms with E-state index >= 15 is 0 Å². The average molecular weight is 530 g/mol. The highest BCUT2D eigenvalue weighted by Gasteiger charge is 2.20. The van der Waals surface area contributed by atoms with E-state index in [9.17, 15) is 4.79 Å². The number of carbonyl (C=O) groups is 1. The Morgan fingerprint density at radius 3 is 2.93 bits per heavy atom. The van der Waals surface area contributed by atoms with Crippen LogP contribution in [0.1, 0.15) is 43.7 Å². The number of hydrogen-bond donors (Lipinski definition) is 2. The fraction of sp³-hybridized carbons (Fsp3) is 0.636. The van der Waals surface area contributed by atoms with Crippen LogP contribution in [0, 0.1) is 6.92 Å². The van der Waals surface area contributed by atoms with E-state index in [-0.39, 0.29) is 36.0 Å². The number of carbonyl (C=O) groups excluding carboxylic acids is 1. The van der Waals surface area contributed by atoms with Crippen LogP contribution >= 0.6 is 24.0 Å². The molecule has 0 aromatic heterocycles. The molecular weight excluding hydrogens is 495 g/mol. The molecule has 0 aliphatic carbocycles. The number of aryl methyl sites for hydroxylation is 1. The third-order valence-corrected chi connectivity index (χ3v) is 5.22. The van der Waals surface area contributed by atoms with E-state index in [1.54, 1.807) is 0 Å². The van der Waals surface area contributed by atoms with Crippen molar-refractivity contribution in [3.05, 3.63) is 29.3 Å². The van der Waals surface area contributed by atoms with E-state index in [2.05, 4.69) is 42.7 Å². The van der Waals surface area contributed by atoms with Gasteiger partial charge in [0.1, 0.15) is 11.9 Å². The van der Waals surface area contributed by atoms with Gasteiger partial charge in [-0.2, -0.15) is 0 Å². The van der Waals surface area contributed by atoms with E-state index in [0.29, 0.717) is 19.6 Å². The zero-order valence-corrected chi connectivity index (χ0v) is 20.4. The predicted octanol–water partition coefficient (Wildman–Crippen LogP) is 2.85. The molecule has 1 aromatic rings. The molecule has 0 bridgehead atoms. The summed E-state index contributed by atoms with van der Waals surface area (Å²) in [5.41, 5.74) is 2.25. The van der Waals surface area contributed by atoms with Crippen molar-refractivity contribution in [3.63, 3.8) is 0 Å². The van der Waals surface area contributed by atoms with Crippen LogP contribution < -0.4 is 15.4 Å². The van der Waals surface area contributed by atoms with E-state index in [1.165, 1.54) is 5.56 Å². The quantitative estimate of drug-likeness (QED) is 0.222. The lowest BCUT2D eigenvalue weighted by Gasteiger charge is -2.17. The highest BCUT2D eigenvalue weighted by Crippen LogP contribution is 2.24. The number of nitrogens with one attached hydrogen (secondary N) is 2. The first-order valence-electron chi connectivity index (χ1n) is 10.8. The lowest BCUT2D eigenvalue weighted by atomic mass is 10.1. The fourth-order valence-corrected chi connectivity index (χ4v) is 3.61. The van der Waals surface area contributed by atoms with Gasteiger partial charge in [0, 0.05) is 44.6 Å². The van der Waals surface area contributed by atoms with Crippen LogP contribution in [0.2, 0.25) is 0 Å². The Balaban J connectivity index is 0.00000320. The molecule has 2 saturated heterocycles. The maximum Gasteiger partial charge on any atom is 0.222 e. The van der Waals surface area contributed by atoms with Gasteiger partial charge < -0.3 is 25.0 Å². The third kappa shape index (κ3) is 7.61. The maximum atomic E-state index is 11.7. The van der Waals surface area contributed by atoms with Gasteiger partial charge in [-0.25, -0.2) is 4.99 Å². The zero-order chi connectivity index (χ0) is 20.5. The Bertz CT molecular complexity index is 708. The molecule has 2 N–H and O–H groups in total. The number of benzene rings is 1. The van der Waals surface area contributed by atoms with Crippen LogP contribution in [0.25, 0.3) is 0 Å². The van der Waals surface area contributed by atoms with Crippen molar-refractivity contribution in [1.82, 2.24) is 15.5 Å². The van der Waals surface area contributed by atoms with Crippen molar-refractivity contribution in [3.8, 4) is 5.75 Å². The Labute approximate surface area is 197 Å². The molecule has 168 valence electrons. The second-order valence-electron chi connectivity index (χ2n) is 7.67. The number of aliphatic imine (C=N–C) groups is 1. The van der Waals surface area contributed by atoms with E-state index in [0.717, 1.165) is 69.3 Å². The number of likely N-dealkylation sites (tertiary alicyclic amines) is 1. The predicted molar refractivity (Wildman–Crippen MR) is 130 cm³/mol. The Hall–Kier alpha value is -1.55. The average Bonchev–Trinajstić information content (AvgIpc) is 3.36. The molecule has 2 aliphatic heterocycles. The van der Waals surface area contributed by atoms with Gasteiger partial charge >= 0.3 is 0 Å². The van der Waals surface area contributed by atoms with Crippen LogP contribution in [-0.2, 0) is 16.1 Å².